The van der Waals surface area contributed by atoms with Crippen molar-refractivity contribution in [3.8, 4) is 5.88 Å². The molecule has 0 unspecified atom stereocenters. The molecule has 1 saturated heterocycles. The van der Waals surface area contributed by atoms with Gasteiger partial charge in [0.25, 0.3) is 23.6 Å². The Kier molecular flexibility index (Phi) is 13.5. The number of carbonyl (C=O) groups is 4. The summed E-state index contributed by atoms with van der Waals surface area (Å²) in [5.41, 5.74) is 5.91. The molecule has 0 bridgehead atoms. The number of aliphatic carboxylic acids is 1. The van der Waals surface area contributed by atoms with Crippen LogP contribution in [0.2, 0.25) is 0 Å². The maximum Gasteiger partial charge on any atom is 0.490 e. The fourth-order valence-corrected chi connectivity index (χ4v) is 6.59. The number of amides is 3. The lowest BCUT2D eigenvalue weighted by molar-refractivity contribution is -0.192. The third-order valence-electron chi connectivity index (χ3n) is 9.89. The van der Waals surface area contributed by atoms with Gasteiger partial charge in [0.1, 0.15) is 22.4 Å². The van der Waals surface area contributed by atoms with Crippen LogP contribution in [-0.4, -0.2) is 109 Å². The van der Waals surface area contributed by atoms with E-state index in [-0.39, 0.29) is 17.7 Å². The predicted molar refractivity (Wildman–Crippen MR) is 231 cm³/mol. The molecule has 330 valence electrons. The van der Waals surface area contributed by atoms with E-state index >= 15 is 0 Å². The first-order valence-corrected chi connectivity index (χ1v) is 19.7. The standard InChI is InChI=1S/C42H40N10O5.C2HF3O2/c1-49-27-33(24-37(49)40(54)43-17-18-51-19-21-56-22-20-51)45-41(55)38-25-32(26-50(38)2)44-39(53)29-14-11-28(12-15-29)13-16-31-23-30-7-3-4-8-34(30)46-42(31)57-52-36-10-6-5-9-35(36)47-48-52;3-2(4,5)1(6)7/h3-16,23-27H,17-22H2,1-2H3,(H,43,54)(H,44,53)(H,45,55);(H,6,7)/b16-13+;. The number of morpholine rings is 1. The summed E-state index contributed by atoms with van der Waals surface area (Å²) in [5.74, 6) is -3.33. The molecule has 0 atom stereocenters. The number of para-hydroxylation sites is 2. The zero-order chi connectivity index (χ0) is 45.4. The molecule has 20 heteroatoms. The first-order chi connectivity index (χ1) is 30.7. The van der Waals surface area contributed by atoms with Crippen LogP contribution in [0.5, 0.6) is 5.88 Å². The number of aromatic nitrogens is 6. The second kappa shape index (κ2) is 19.5. The van der Waals surface area contributed by atoms with Gasteiger partial charge in [-0.3, -0.25) is 19.3 Å². The Hall–Kier alpha value is -7.84. The molecule has 3 aromatic carbocycles. The summed E-state index contributed by atoms with van der Waals surface area (Å²) in [4.78, 5) is 62.8. The van der Waals surface area contributed by atoms with Gasteiger partial charge in [-0.1, -0.05) is 53.4 Å². The maximum absolute atomic E-state index is 13.3. The van der Waals surface area contributed by atoms with Gasteiger partial charge in [-0.15, -0.1) is 5.10 Å². The van der Waals surface area contributed by atoms with Crippen molar-refractivity contribution in [3.63, 3.8) is 0 Å². The second-order valence-electron chi connectivity index (χ2n) is 14.4. The van der Waals surface area contributed by atoms with E-state index in [2.05, 4.69) is 31.2 Å². The Morgan fingerprint density at radius 3 is 2.08 bits per heavy atom. The van der Waals surface area contributed by atoms with E-state index in [4.69, 9.17) is 24.5 Å². The van der Waals surface area contributed by atoms with Gasteiger partial charge in [-0.25, -0.2) is 9.78 Å². The van der Waals surface area contributed by atoms with Gasteiger partial charge in [0.05, 0.1) is 30.1 Å². The maximum atomic E-state index is 13.3. The molecular formula is C44H41F3N10O7. The number of hydrogen-bond donors (Lipinski definition) is 4. The van der Waals surface area contributed by atoms with Crippen molar-refractivity contribution in [3.05, 3.63) is 131 Å². The zero-order valence-corrected chi connectivity index (χ0v) is 34.4. The number of anilines is 2. The van der Waals surface area contributed by atoms with Crippen LogP contribution in [0.15, 0.2) is 103 Å². The number of rotatable bonds is 12. The molecule has 1 aliphatic rings. The van der Waals surface area contributed by atoms with Crippen LogP contribution >= 0.6 is 0 Å². The molecule has 0 spiro atoms. The SMILES string of the molecule is Cn1cc(NC(=O)c2cc(NC(=O)c3ccc(/C=C/c4cc5ccccc5nc4On4nnc5ccccc54)cc3)cn2C)cc1C(=O)NCCN1CCOCC1.O=C(O)C(F)(F)F. The molecule has 5 heterocycles. The number of aryl methyl sites for hydroxylation is 2. The minimum absolute atomic E-state index is 0.224. The predicted octanol–water partition coefficient (Wildman–Crippen LogP) is 5.87. The topological polar surface area (TPSA) is 200 Å². The highest BCUT2D eigenvalue weighted by atomic mass is 19.4. The smallest absolute Gasteiger partial charge is 0.475 e. The van der Waals surface area contributed by atoms with E-state index in [0.29, 0.717) is 65.0 Å². The fraction of sp³-hybridized carbons (Fsp3) is 0.205. The molecule has 0 saturated carbocycles. The largest absolute Gasteiger partial charge is 0.490 e. The molecule has 17 nitrogen and oxygen atoms in total. The van der Waals surface area contributed by atoms with Crippen molar-refractivity contribution in [2.75, 3.05) is 50.0 Å². The quantitative estimate of drug-likeness (QED) is 0.115. The third kappa shape index (κ3) is 11.0. The molecule has 0 radical (unpaired) electrons. The van der Waals surface area contributed by atoms with Crippen LogP contribution in [0.25, 0.3) is 34.1 Å². The highest BCUT2D eigenvalue weighted by Gasteiger charge is 2.38. The molecule has 4 aromatic heterocycles. The minimum Gasteiger partial charge on any atom is -0.475 e. The monoisotopic (exact) mass is 878 g/mol. The number of pyridine rings is 1. The number of benzene rings is 3. The molecule has 64 heavy (non-hydrogen) atoms. The lowest BCUT2D eigenvalue weighted by atomic mass is 10.1. The highest BCUT2D eigenvalue weighted by molar-refractivity contribution is 6.07. The number of hydrogen-bond acceptors (Lipinski definition) is 10. The van der Waals surface area contributed by atoms with Gasteiger partial charge in [-0.05, 0) is 65.4 Å². The molecule has 3 amide bonds. The molecule has 0 aliphatic carbocycles. The van der Waals surface area contributed by atoms with Crippen LogP contribution in [0.3, 0.4) is 0 Å². The number of halogens is 3. The molecule has 8 rings (SSSR count). The van der Waals surface area contributed by atoms with Crippen molar-refractivity contribution in [1.82, 2.24) is 39.5 Å². The molecule has 1 fully saturated rings. The number of nitrogens with one attached hydrogen (secondary N) is 3. The van der Waals surface area contributed by atoms with Gasteiger partial charge < -0.3 is 39.8 Å². The van der Waals surface area contributed by atoms with E-state index in [1.54, 1.807) is 59.9 Å². The van der Waals surface area contributed by atoms with Crippen molar-refractivity contribution in [2.24, 2.45) is 14.1 Å². The number of carboxylic acid groups (broad SMARTS) is 1. The number of fused-ring (bicyclic) bond motifs is 2. The number of nitrogens with zero attached hydrogens (tertiary/aromatic N) is 7. The van der Waals surface area contributed by atoms with Gasteiger partial charge in [0.15, 0.2) is 0 Å². The van der Waals surface area contributed by atoms with Crippen LogP contribution in [-0.2, 0) is 23.6 Å². The summed E-state index contributed by atoms with van der Waals surface area (Å²) in [6, 6.07) is 27.7. The number of ether oxygens (including phenoxy) is 1. The number of carbonyl (C=O) groups excluding carboxylic acids is 3. The van der Waals surface area contributed by atoms with Gasteiger partial charge in [0, 0.05) is 69.2 Å². The summed E-state index contributed by atoms with van der Waals surface area (Å²) in [5, 5.41) is 25.1. The summed E-state index contributed by atoms with van der Waals surface area (Å²) in [6.07, 6.45) is 2.09. The van der Waals surface area contributed by atoms with Gasteiger partial charge in [-0.2, -0.15) is 13.2 Å². The van der Waals surface area contributed by atoms with E-state index in [1.165, 1.54) is 4.85 Å². The molecular weight excluding hydrogens is 838 g/mol. The zero-order valence-electron chi connectivity index (χ0n) is 34.4. The average Bonchev–Trinajstić information content (AvgIpc) is 3.98. The number of alkyl halides is 3. The minimum atomic E-state index is -5.08. The lowest BCUT2D eigenvalue weighted by Gasteiger charge is -2.26. The first-order valence-electron chi connectivity index (χ1n) is 19.7. The van der Waals surface area contributed by atoms with Crippen molar-refractivity contribution < 1.29 is 47.0 Å². The molecule has 7 aromatic rings. The summed E-state index contributed by atoms with van der Waals surface area (Å²) in [6.45, 7) is 4.35. The Balaban J connectivity index is 0.000000809. The Morgan fingerprint density at radius 2 is 1.41 bits per heavy atom. The Morgan fingerprint density at radius 1 is 0.797 bits per heavy atom. The van der Waals surface area contributed by atoms with Crippen molar-refractivity contribution in [2.45, 2.75) is 6.18 Å². The molecule has 1 aliphatic heterocycles. The second-order valence-corrected chi connectivity index (χ2v) is 14.4. The highest BCUT2D eigenvalue weighted by Crippen LogP contribution is 2.26. The van der Waals surface area contributed by atoms with Gasteiger partial charge >= 0.3 is 12.1 Å². The van der Waals surface area contributed by atoms with Crippen molar-refractivity contribution in [1.29, 1.82) is 0 Å². The van der Waals surface area contributed by atoms with Crippen molar-refractivity contribution >= 4 is 69.2 Å². The average molecular weight is 879 g/mol. The normalized spacial score (nSPS) is 13.1. The van der Waals surface area contributed by atoms with Crippen LogP contribution in [0.1, 0.15) is 42.5 Å². The first kappa shape index (κ1) is 44.2. The summed E-state index contributed by atoms with van der Waals surface area (Å²) < 4.78 is 40.4. The van der Waals surface area contributed by atoms with E-state index in [0.717, 1.165) is 41.7 Å². The lowest BCUT2D eigenvalue weighted by Crippen LogP contribution is -2.41. The number of carboxylic acids is 1. The van der Waals surface area contributed by atoms with E-state index in [1.807, 2.05) is 78.9 Å². The van der Waals surface area contributed by atoms with Crippen LogP contribution in [0, 0.1) is 0 Å². The van der Waals surface area contributed by atoms with E-state index in [9.17, 15) is 27.6 Å². The van der Waals surface area contributed by atoms with Crippen LogP contribution < -0.4 is 20.8 Å². The van der Waals surface area contributed by atoms with Gasteiger partial charge in [0.2, 0.25) is 0 Å². The van der Waals surface area contributed by atoms with Crippen LogP contribution in [0.4, 0.5) is 24.5 Å². The summed E-state index contributed by atoms with van der Waals surface area (Å²) >= 11 is 0. The van der Waals surface area contributed by atoms with E-state index < -0.39 is 12.1 Å². The fourth-order valence-electron chi connectivity index (χ4n) is 6.59. The third-order valence-corrected chi connectivity index (χ3v) is 9.89. The summed E-state index contributed by atoms with van der Waals surface area (Å²) in [7, 11) is 3.47. The Labute approximate surface area is 362 Å². The Bertz CT molecular complexity index is 2840. The molecule has 4 N–H and O–H groups in total.